The molecule has 1 atom stereocenters. The van der Waals surface area contributed by atoms with Crippen LogP contribution in [-0.2, 0) is 9.59 Å². The van der Waals surface area contributed by atoms with Crippen molar-refractivity contribution in [1.29, 1.82) is 0 Å². The normalized spacial score (nSPS) is 16.6. The topological polar surface area (TPSA) is 86.7 Å². The maximum absolute atomic E-state index is 12.6. The molecule has 2 aromatic carbocycles. The van der Waals surface area contributed by atoms with Gasteiger partial charge >= 0.3 is 5.97 Å². The zero-order valence-corrected chi connectivity index (χ0v) is 16.2. The van der Waals surface area contributed by atoms with Crippen LogP contribution in [0.1, 0.15) is 22.3 Å². The molecule has 0 aliphatic carbocycles. The second-order valence-electron chi connectivity index (χ2n) is 6.23. The van der Waals surface area contributed by atoms with E-state index in [9.17, 15) is 19.5 Å². The van der Waals surface area contributed by atoms with Gasteiger partial charge in [-0.2, -0.15) is 0 Å². The van der Waals surface area contributed by atoms with Crippen LogP contribution in [0.15, 0.2) is 42.5 Å². The van der Waals surface area contributed by atoms with E-state index < -0.39 is 11.9 Å². The third-order valence-electron chi connectivity index (χ3n) is 4.31. The van der Waals surface area contributed by atoms with E-state index in [4.69, 9.17) is 0 Å². The molecule has 0 radical (unpaired) electrons. The third kappa shape index (κ3) is 3.87. The number of hydrogen-bond donors (Lipinski definition) is 2. The molecule has 2 amide bonds. The molecular weight excluding hydrogens is 447 g/mol. The lowest BCUT2D eigenvalue weighted by Gasteiger charge is -2.17. The standard InChI is InChI=1S/C19H17IN2O4/c1-11-2-5-14(6-3-11)22-10-12(8-17(22)23)18(24)21-16-7-4-13(20)9-15(16)19(25)26/h2-7,9,12H,8,10H2,1H3,(H,21,24)(H,25,26). The van der Waals surface area contributed by atoms with Gasteiger partial charge in [0.05, 0.1) is 17.2 Å². The monoisotopic (exact) mass is 464 g/mol. The summed E-state index contributed by atoms with van der Waals surface area (Å²) < 4.78 is 0.764. The summed E-state index contributed by atoms with van der Waals surface area (Å²) in [5.41, 5.74) is 2.13. The van der Waals surface area contributed by atoms with Crippen LogP contribution in [0.5, 0.6) is 0 Å². The molecule has 26 heavy (non-hydrogen) atoms. The smallest absolute Gasteiger partial charge is 0.337 e. The number of nitrogens with zero attached hydrogens (tertiary/aromatic N) is 1. The van der Waals surface area contributed by atoms with Crippen molar-refractivity contribution in [2.75, 3.05) is 16.8 Å². The Kier molecular flexibility index (Phi) is 5.26. The van der Waals surface area contributed by atoms with Crippen molar-refractivity contribution < 1.29 is 19.5 Å². The lowest BCUT2D eigenvalue weighted by molar-refractivity contribution is -0.122. The van der Waals surface area contributed by atoms with Gasteiger partial charge in [-0.15, -0.1) is 0 Å². The SMILES string of the molecule is Cc1ccc(N2CC(C(=O)Nc3ccc(I)cc3C(=O)O)CC2=O)cc1. The predicted octanol–water partition coefficient (Wildman–Crippen LogP) is 3.29. The summed E-state index contributed by atoms with van der Waals surface area (Å²) in [7, 11) is 0. The number of aromatic carboxylic acids is 1. The number of carbonyl (C=O) groups is 3. The second kappa shape index (κ2) is 7.45. The van der Waals surface area contributed by atoms with Gasteiger partial charge in [0.2, 0.25) is 11.8 Å². The number of benzene rings is 2. The Bertz CT molecular complexity index is 880. The number of nitrogens with one attached hydrogen (secondary N) is 1. The molecule has 0 saturated carbocycles. The van der Waals surface area contributed by atoms with E-state index in [0.29, 0.717) is 0 Å². The molecule has 1 fully saturated rings. The minimum Gasteiger partial charge on any atom is -0.478 e. The van der Waals surface area contributed by atoms with Gasteiger partial charge in [-0.3, -0.25) is 9.59 Å². The first kappa shape index (κ1) is 18.4. The van der Waals surface area contributed by atoms with Crippen LogP contribution in [0.4, 0.5) is 11.4 Å². The fraction of sp³-hybridized carbons (Fsp3) is 0.211. The quantitative estimate of drug-likeness (QED) is 0.681. The average molecular weight is 464 g/mol. The maximum Gasteiger partial charge on any atom is 0.337 e. The first-order chi connectivity index (χ1) is 12.3. The Balaban J connectivity index is 1.75. The van der Waals surface area contributed by atoms with Crippen molar-refractivity contribution in [2.24, 2.45) is 5.92 Å². The Morgan fingerprint density at radius 1 is 1.19 bits per heavy atom. The molecule has 3 rings (SSSR count). The van der Waals surface area contributed by atoms with E-state index in [1.807, 2.05) is 53.8 Å². The van der Waals surface area contributed by atoms with Gasteiger partial charge in [0.1, 0.15) is 0 Å². The summed E-state index contributed by atoms with van der Waals surface area (Å²) >= 11 is 2.01. The van der Waals surface area contributed by atoms with Crippen LogP contribution in [0.25, 0.3) is 0 Å². The first-order valence-corrected chi connectivity index (χ1v) is 9.14. The molecule has 7 heteroatoms. The van der Waals surface area contributed by atoms with Crippen LogP contribution in [0, 0.1) is 16.4 Å². The number of rotatable bonds is 4. The summed E-state index contributed by atoms with van der Waals surface area (Å²) in [6, 6.07) is 12.3. The highest BCUT2D eigenvalue weighted by atomic mass is 127. The zero-order chi connectivity index (χ0) is 18.8. The van der Waals surface area contributed by atoms with Crippen LogP contribution < -0.4 is 10.2 Å². The predicted molar refractivity (Wildman–Crippen MR) is 106 cm³/mol. The van der Waals surface area contributed by atoms with E-state index in [1.54, 1.807) is 17.0 Å². The first-order valence-electron chi connectivity index (χ1n) is 8.06. The zero-order valence-electron chi connectivity index (χ0n) is 14.0. The molecule has 1 aliphatic rings. The largest absolute Gasteiger partial charge is 0.478 e. The van der Waals surface area contributed by atoms with E-state index in [-0.39, 0.29) is 36.0 Å². The Labute approximate surface area is 164 Å². The summed E-state index contributed by atoms with van der Waals surface area (Å²) in [4.78, 5) is 37.8. The van der Waals surface area contributed by atoms with Gasteiger partial charge in [0, 0.05) is 22.2 Å². The number of carbonyl (C=O) groups excluding carboxylic acids is 2. The Morgan fingerprint density at radius 2 is 1.88 bits per heavy atom. The van der Waals surface area contributed by atoms with E-state index in [0.717, 1.165) is 14.8 Å². The van der Waals surface area contributed by atoms with Crippen molar-refractivity contribution in [3.05, 3.63) is 57.2 Å². The lowest BCUT2D eigenvalue weighted by atomic mass is 10.1. The maximum atomic E-state index is 12.6. The highest BCUT2D eigenvalue weighted by Gasteiger charge is 2.35. The Morgan fingerprint density at radius 3 is 2.54 bits per heavy atom. The second-order valence-corrected chi connectivity index (χ2v) is 7.47. The van der Waals surface area contributed by atoms with Crippen molar-refractivity contribution >= 4 is 51.7 Å². The van der Waals surface area contributed by atoms with Gasteiger partial charge in [0.25, 0.3) is 0 Å². The summed E-state index contributed by atoms with van der Waals surface area (Å²) in [6.07, 6.45) is 0.104. The Hall–Kier alpha value is -2.42. The highest BCUT2D eigenvalue weighted by molar-refractivity contribution is 14.1. The highest BCUT2D eigenvalue weighted by Crippen LogP contribution is 2.27. The van der Waals surface area contributed by atoms with Crippen molar-refractivity contribution in [3.8, 4) is 0 Å². The molecule has 1 heterocycles. The molecule has 0 aromatic heterocycles. The van der Waals surface area contributed by atoms with Gasteiger partial charge in [-0.05, 0) is 59.8 Å². The summed E-state index contributed by atoms with van der Waals surface area (Å²) in [5, 5.41) is 12.0. The van der Waals surface area contributed by atoms with E-state index >= 15 is 0 Å². The third-order valence-corrected chi connectivity index (χ3v) is 4.98. The average Bonchev–Trinajstić information content (AvgIpc) is 2.99. The molecule has 2 N–H and O–H groups in total. The number of aryl methyl sites for hydroxylation is 1. The minimum atomic E-state index is -1.11. The van der Waals surface area contributed by atoms with Crippen molar-refractivity contribution in [1.82, 2.24) is 0 Å². The summed E-state index contributed by atoms with van der Waals surface area (Å²) in [6.45, 7) is 2.24. The van der Waals surface area contributed by atoms with E-state index in [2.05, 4.69) is 5.32 Å². The number of carboxylic acids is 1. The number of anilines is 2. The van der Waals surface area contributed by atoms with Crippen LogP contribution >= 0.6 is 22.6 Å². The van der Waals surface area contributed by atoms with Gasteiger partial charge < -0.3 is 15.3 Å². The fourth-order valence-electron chi connectivity index (χ4n) is 2.89. The fourth-order valence-corrected chi connectivity index (χ4v) is 3.39. The molecule has 6 nitrogen and oxygen atoms in total. The lowest BCUT2D eigenvalue weighted by Crippen LogP contribution is -2.28. The van der Waals surface area contributed by atoms with Gasteiger partial charge in [0.15, 0.2) is 0 Å². The number of halogens is 1. The van der Waals surface area contributed by atoms with Crippen molar-refractivity contribution in [3.63, 3.8) is 0 Å². The molecule has 134 valence electrons. The van der Waals surface area contributed by atoms with Gasteiger partial charge in [-0.1, -0.05) is 17.7 Å². The van der Waals surface area contributed by atoms with Gasteiger partial charge in [-0.25, -0.2) is 4.79 Å². The number of hydrogen-bond acceptors (Lipinski definition) is 3. The van der Waals surface area contributed by atoms with Crippen LogP contribution in [0.3, 0.4) is 0 Å². The molecule has 1 aliphatic heterocycles. The molecular formula is C19H17IN2O4. The number of amides is 2. The molecule has 2 aromatic rings. The molecule has 0 spiro atoms. The van der Waals surface area contributed by atoms with Crippen LogP contribution in [0.2, 0.25) is 0 Å². The van der Waals surface area contributed by atoms with E-state index in [1.165, 1.54) is 6.07 Å². The van der Waals surface area contributed by atoms with Crippen molar-refractivity contribution in [2.45, 2.75) is 13.3 Å². The molecule has 0 bridgehead atoms. The van der Waals surface area contributed by atoms with Crippen LogP contribution in [-0.4, -0.2) is 29.4 Å². The molecule has 1 unspecified atom stereocenters. The number of carboxylic acid groups (broad SMARTS) is 1. The minimum absolute atomic E-state index is 0.0324. The molecule has 1 saturated heterocycles. The summed E-state index contributed by atoms with van der Waals surface area (Å²) in [5.74, 6) is -2.10.